The number of Topliss-reactive ketones (excluding diaryl/α,β-unsaturated/α-hetero) is 1. The monoisotopic (exact) mass is 303 g/mol. The normalized spacial score (nSPS) is 18.1. The van der Waals surface area contributed by atoms with Crippen molar-refractivity contribution in [2.45, 2.75) is 52.0 Å². The van der Waals surface area contributed by atoms with Gasteiger partial charge in [-0.1, -0.05) is 6.92 Å². The molecule has 22 heavy (non-hydrogen) atoms. The zero-order chi connectivity index (χ0) is 16.1. The van der Waals surface area contributed by atoms with Crippen LogP contribution in [0.25, 0.3) is 0 Å². The Balaban J connectivity index is 2.19. The van der Waals surface area contributed by atoms with Crippen molar-refractivity contribution in [3.05, 3.63) is 29.3 Å². The summed E-state index contributed by atoms with van der Waals surface area (Å²) in [6, 6.07) is 5.64. The lowest BCUT2D eigenvalue weighted by molar-refractivity contribution is -0.134. The first-order valence-corrected chi connectivity index (χ1v) is 8.04. The molecule has 1 unspecified atom stereocenters. The first kappa shape index (κ1) is 16.5. The van der Waals surface area contributed by atoms with E-state index < -0.39 is 0 Å². The number of methoxy groups -OCH3 is 1. The highest BCUT2D eigenvalue weighted by molar-refractivity contribution is 5.94. The summed E-state index contributed by atoms with van der Waals surface area (Å²) in [6.45, 7) is 4.50. The molecule has 1 aromatic carbocycles. The number of hydrogen-bond donors (Lipinski definition) is 0. The fourth-order valence-electron chi connectivity index (χ4n) is 3.15. The number of ketones is 1. The summed E-state index contributed by atoms with van der Waals surface area (Å²) in [6.07, 6.45) is 4.66. The Morgan fingerprint density at radius 3 is 2.73 bits per heavy atom. The second kappa shape index (κ2) is 7.43. The maximum atomic E-state index is 12.7. The summed E-state index contributed by atoms with van der Waals surface area (Å²) in [7, 11) is 1.59. The molecule has 4 heteroatoms. The first-order valence-electron chi connectivity index (χ1n) is 8.04. The molecule has 4 nitrogen and oxygen atoms in total. The van der Waals surface area contributed by atoms with Crippen LogP contribution >= 0.6 is 0 Å². The van der Waals surface area contributed by atoms with Gasteiger partial charge in [-0.15, -0.1) is 0 Å². The van der Waals surface area contributed by atoms with E-state index in [9.17, 15) is 9.59 Å². The van der Waals surface area contributed by atoms with E-state index in [1.54, 1.807) is 25.3 Å². The fourth-order valence-corrected chi connectivity index (χ4v) is 3.15. The van der Waals surface area contributed by atoms with Gasteiger partial charge in [-0.05, 0) is 50.8 Å². The Labute approximate surface area is 132 Å². The van der Waals surface area contributed by atoms with Gasteiger partial charge in [0.05, 0.1) is 13.5 Å². The lowest BCUT2D eigenvalue weighted by Crippen LogP contribution is -2.44. The Hall–Kier alpha value is -1.84. The Kier molecular flexibility index (Phi) is 5.58. The van der Waals surface area contributed by atoms with Crippen LogP contribution in [0.1, 0.15) is 55.5 Å². The molecule has 1 aliphatic rings. The Bertz CT molecular complexity index is 553. The molecule has 1 saturated heterocycles. The minimum absolute atomic E-state index is 0.000703. The van der Waals surface area contributed by atoms with Gasteiger partial charge in [0.1, 0.15) is 5.75 Å². The minimum Gasteiger partial charge on any atom is -0.496 e. The molecule has 1 heterocycles. The summed E-state index contributed by atoms with van der Waals surface area (Å²) in [5, 5.41) is 0. The second-order valence-corrected chi connectivity index (χ2v) is 5.90. The van der Waals surface area contributed by atoms with Crippen LogP contribution in [0, 0.1) is 0 Å². The molecule has 0 bridgehead atoms. The van der Waals surface area contributed by atoms with Crippen LogP contribution in [0.15, 0.2) is 18.2 Å². The lowest BCUT2D eigenvalue weighted by Gasteiger charge is -2.35. The van der Waals surface area contributed by atoms with E-state index in [1.807, 2.05) is 4.90 Å². The van der Waals surface area contributed by atoms with Gasteiger partial charge in [0, 0.05) is 23.7 Å². The molecule has 1 amide bonds. The number of carbonyl (C=O) groups excluding carboxylic acids is 2. The van der Waals surface area contributed by atoms with Crippen molar-refractivity contribution in [2.24, 2.45) is 0 Å². The van der Waals surface area contributed by atoms with Crippen molar-refractivity contribution in [1.29, 1.82) is 0 Å². The van der Waals surface area contributed by atoms with Crippen molar-refractivity contribution >= 4 is 11.7 Å². The van der Waals surface area contributed by atoms with E-state index in [1.165, 1.54) is 13.3 Å². The molecule has 0 spiro atoms. The molecule has 0 N–H and O–H groups in total. The van der Waals surface area contributed by atoms with Gasteiger partial charge in [-0.2, -0.15) is 0 Å². The predicted octanol–water partition coefficient (Wildman–Crippen LogP) is 3.23. The summed E-state index contributed by atoms with van der Waals surface area (Å²) in [4.78, 5) is 26.2. The predicted molar refractivity (Wildman–Crippen MR) is 86.3 cm³/mol. The standard InChI is InChI=1S/C18H25NO3/c1-4-16-7-5-6-10-19(16)18(21)12-15-11-14(13(2)20)8-9-17(15)22-3/h8-9,11,16H,4-7,10,12H2,1-3H3. The highest BCUT2D eigenvalue weighted by Gasteiger charge is 2.26. The van der Waals surface area contributed by atoms with Crippen LogP contribution in [0.3, 0.4) is 0 Å². The number of ether oxygens (including phenoxy) is 1. The highest BCUT2D eigenvalue weighted by atomic mass is 16.5. The lowest BCUT2D eigenvalue weighted by atomic mass is 9.98. The number of nitrogens with zero attached hydrogens (tertiary/aromatic N) is 1. The van der Waals surface area contributed by atoms with Crippen molar-refractivity contribution in [3.63, 3.8) is 0 Å². The van der Waals surface area contributed by atoms with E-state index in [0.29, 0.717) is 23.8 Å². The third kappa shape index (κ3) is 3.67. The number of benzene rings is 1. The second-order valence-electron chi connectivity index (χ2n) is 5.90. The molecule has 1 fully saturated rings. The van der Waals surface area contributed by atoms with Gasteiger partial charge in [-0.25, -0.2) is 0 Å². The van der Waals surface area contributed by atoms with Gasteiger partial charge in [-0.3, -0.25) is 9.59 Å². The van der Waals surface area contributed by atoms with Crippen LogP contribution in [0.2, 0.25) is 0 Å². The average molecular weight is 303 g/mol. The summed E-state index contributed by atoms with van der Waals surface area (Å²) >= 11 is 0. The topological polar surface area (TPSA) is 46.6 Å². The van der Waals surface area contributed by atoms with Crippen LogP contribution in [-0.2, 0) is 11.2 Å². The molecule has 0 radical (unpaired) electrons. The summed E-state index contributed by atoms with van der Waals surface area (Å²) < 4.78 is 5.34. The molecule has 0 aromatic heterocycles. The molecule has 0 saturated carbocycles. The number of carbonyl (C=O) groups is 2. The molecule has 120 valence electrons. The van der Waals surface area contributed by atoms with Crippen molar-refractivity contribution in [3.8, 4) is 5.75 Å². The maximum absolute atomic E-state index is 12.7. The molecular formula is C18H25NO3. The van der Waals surface area contributed by atoms with Crippen LogP contribution in [0.5, 0.6) is 5.75 Å². The van der Waals surface area contributed by atoms with Gasteiger partial charge in [0.15, 0.2) is 5.78 Å². The molecule has 1 aliphatic heterocycles. The first-order chi connectivity index (χ1) is 10.6. The van der Waals surface area contributed by atoms with Crippen LogP contribution < -0.4 is 4.74 Å². The molecule has 1 atom stereocenters. The number of amides is 1. The minimum atomic E-state index is 0.000703. The number of piperidine rings is 1. The largest absolute Gasteiger partial charge is 0.496 e. The van der Waals surface area contributed by atoms with Gasteiger partial charge in [0.2, 0.25) is 5.91 Å². The van der Waals surface area contributed by atoms with Crippen LogP contribution in [-0.4, -0.2) is 36.3 Å². The SMILES string of the molecule is CCC1CCCCN1C(=O)Cc1cc(C(C)=O)ccc1OC. The van der Waals surface area contributed by atoms with E-state index in [0.717, 1.165) is 31.4 Å². The number of likely N-dealkylation sites (tertiary alicyclic amines) is 1. The molecule has 1 aromatic rings. The van der Waals surface area contributed by atoms with Crippen LogP contribution in [0.4, 0.5) is 0 Å². The third-order valence-corrected chi connectivity index (χ3v) is 4.45. The van der Waals surface area contributed by atoms with E-state index in [-0.39, 0.29) is 11.7 Å². The van der Waals surface area contributed by atoms with Gasteiger partial charge < -0.3 is 9.64 Å². The van der Waals surface area contributed by atoms with E-state index in [2.05, 4.69) is 6.92 Å². The third-order valence-electron chi connectivity index (χ3n) is 4.45. The van der Waals surface area contributed by atoms with Gasteiger partial charge in [0.25, 0.3) is 0 Å². The zero-order valence-corrected chi connectivity index (χ0v) is 13.7. The summed E-state index contributed by atoms with van der Waals surface area (Å²) in [5.74, 6) is 0.801. The van der Waals surface area contributed by atoms with E-state index >= 15 is 0 Å². The Morgan fingerprint density at radius 2 is 2.09 bits per heavy atom. The Morgan fingerprint density at radius 1 is 1.32 bits per heavy atom. The summed E-state index contributed by atoms with van der Waals surface area (Å²) in [5.41, 5.74) is 1.41. The maximum Gasteiger partial charge on any atom is 0.227 e. The zero-order valence-electron chi connectivity index (χ0n) is 13.7. The van der Waals surface area contributed by atoms with E-state index in [4.69, 9.17) is 4.74 Å². The number of rotatable bonds is 5. The van der Waals surface area contributed by atoms with Gasteiger partial charge >= 0.3 is 0 Å². The molecular weight excluding hydrogens is 278 g/mol. The number of hydrogen-bond acceptors (Lipinski definition) is 3. The highest BCUT2D eigenvalue weighted by Crippen LogP contribution is 2.24. The van der Waals surface area contributed by atoms with Crippen molar-refractivity contribution in [1.82, 2.24) is 4.90 Å². The average Bonchev–Trinajstić information content (AvgIpc) is 2.54. The van der Waals surface area contributed by atoms with Crippen molar-refractivity contribution < 1.29 is 14.3 Å². The smallest absolute Gasteiger partial charge is 0.227 e. The quantitative estimate of drug-likeness (QED) is 0.785. The fraction of sp³-hybridized carbons (Fsp3) is 0.556. The van der Waals surface area contributed by atoms with Crippen molar-refractivity contribution in [2.75, 3.05) is 13.7 Å². The molecule has 0 aliphatic carbocycles. The molecule has 2 rings (SSSR count).